The molecule has 0 saturated carbocycles. The molecule has 0 spiro atoms. The Balaban J connectivity index is 1.58. The van der Waals surface area contributed by atoms with Crippen LogP contribution in [0.4, 0.5) is 0 Å². The Kier molecular flexibility index (Phi) is 6.02. The number of hydrogen-bond acceptors (Lipinski definition) is 2. The maximum absolute atomic E-state index is 5.14. The molecule has 0 atom stereocenters. The van der Waals surface area contributed by atoms with Gasteiger partial charge >= 0.3 is 0 Å². The number of aromatic nitrogens is 1. The predicted molar refractivity (Wildman–Crippen MR) is 174 cm³/mol. The van der Waals surface area contributed by atoms with E-state index in [-0.39, 0.29) is 0 Å². The van der Waals surface area contributed by atoms with Gasteiger partial charge in [-0.2, -0.15) is 0 Å². The van der Waals surface area contributed by atoms with Crippen molar-refractivity contribution in [3.8, 4) is 11.1 Å². The van der Waals surface area contributed by atoms with Crippen molar-refractivity contribution in [2.24, 2.45) is 4.99 Å². The minimum atomic E-state index is 0.671. The molecule has 5 aromatic carbocycles. The van der Waals surface area contributed by atoms with Crippen LogP contribution < -0.4 is 0 Å². The summed E-state index contributed by atoms with van der Waals surface area (Å²) in [5, 5.41) is 5.01. The van der Waals surface area contributed by atoms with E-state index in [0.717, 1.165) is 22.3 Å². The van der Waals surface area contributed by atoms with Gasteiger partial charge in [0.25, 0.3) is 0 Å². The van der Waals surface area contributed by atoms with Gasteiger partial charge in [0.2, 0.25) is 0 Å². The fourth-order valence-corrected chi connectivity index (χ4v) is 6.83. The van der Waals surface area contributed by atoms with E-state index in [4.69, 9.17) is 4.99 Å². The highest BCUT2D eigenvalue weighted by molar-refractivity contribution is 7.26. The largest absolute Gasteiger partial charge is 0.287 e. The Morgan fingerprint density at radius 3 is 2.25 bits per heavy atom. The van der Waals surface area contributed by atoms with Gasteiger partial charge in [-0.15, -0.1) is 11.3 Å². The van der Waals surface area contributed by atoms with Crippen LogP contribution in [0, 0.1) is 0 Å². The van der Waals surface area contributed by atoms with Gasteiger partial charge in [-0.05, 0) is 48.4 Å². The SMILES string of the molecule is C=C=C(/N=C(\C=C/C)c1ccccc1)n1c2ccc(-c3ccccc3)cc2c2c3sc4ccccc4c3ccc21. The highest BCUT2D eigenvalue weighted by Crippen LogP contribution is 2.44. The Bertz CT molecular complexity index is 2150. The zero-order valence-electron chi connectivity index (χ0n) is 22.1. The van der Waals surface area contributed by atoms with Crippen molar-refractivity contribution in [3.63, 3.8) is 0 Å². The standard InChI is InChI=1S/C37H26N2S/c1-3-13-31(26-16-9-6-10-17-26)38-35(4-2)39-32-22-20-27(25-14-7-5-8-15-25)24-30(32)36-33(39)23-21-29-28-18-11-12-19-34(28)40-37(29)36/h3,5-24H,2H2,1H3/b13-3-,38-31+. The Morgan fingerprint density at radius 1 is 0.750 bits per heavy atom. The van der Waals surface area contributed by atoms with Crippen molar-refractivity contribution in [2.75, 3.05) is 0 Å². The molecule has 2 aromatic heterocycles. The third kappa shape index (κ3) is 3.92. The summed E-state index contributed by atoms with van der Waals surface area (Å²) in [6.07, 6.45) is 4.06. The summed E-state index contributed by atoms with van der Waals surface area (Å²) < 4.78 is 4.79. The van der Waals surface area contributed by atoms with Crippen LogP contribution in [0.25, 0.3) is 58.9 Å². The molecule has 2 heterocycles. The molecule has 7 rings (SSSR count). The number of rotatable bonds is 5. The first-order chi connectivity index (χ1) is 19.8. The molecule has 0 aliphatic rings. The van der Waals surface area contributed by atoms with Crippen molar-refractivity contribution in [1.82, 2.24) is 4.57 Å². The van der Waals surface area contributed by atoms with E-state index in [0.29, 0.717) is 5.82 Å². The fourth-order valence-electron chi connectivity index (χ4n) is 5.57. The summed E-state index contributed by atoms with van der Waals surface area (Å²) in [7, 11) is 0. The van der Waals surface area contributed by atoms with E-state index < -0.39 is 0 Å². The number of allylic oxidation sites excluding steroid dienone is 2. The summed E-state index contributed by atoms with van der Waals surface area (Å²) >= 11 is 1.85. The van der Waals surface area contributed by atoms with Gasteiger partial charge in [0.05, 0.1) is 16.7 Å². The monoisotopic (exact) mass is 530 g/mol. The van der Waals surface area contributed by atoms with Gasteiger partial charge < -0.3 is 0 Å². The zero-order chi connectivity index (χ0) is 27.1. The van der Waals surface area contributed by atoms with Crippen LogP contribution >= 0.6 is 11.3 Å². The lowest BCUT2D eigenvalue weighted by Gasteiger charge is -2.09. The Morgan fingerprint density at radius 2 is 1.48 bits per heavy atom. The number of thiophene rings is 1. The van der Waals surface area contributed by atoms with Crippen molar-refractivity contribution in [2.45, 2.75) is 6.92 Å². The number of fused-ring (bicyclic) bond motifs is 7. The molecule has 0 aliphatic heterocycles. The molecule has 2 nitrogen and oxygen atoms in total. The normalized spacial score (nSPS) is 12.2. The highest BCUT2D eigenvalue weighted by Gasteiger charge is 2.19. The molecule has 0 radical (unpaired) electrons. The Hall–Kier alpha value is -4.95. The van der Waals surface area contributed by atoms with Crippen LogP contribution in [0.3, 0.4) is 0 Å². The highest BCUT2D eigenvalue weighted by atomic mass is 32.1. The average molecular weight is 531 g/mol. The first-order valence-corrected chi connectivity index (χ1v) is 14.2. The molecule has 0 unspecified atom stereocenters. The van der Waals surface area contributed by atoms with E-state index in [1.54, 1.807) is 0 Å². The molecule has 7 aromatic rings. The number of benzene rings is 5. The quantitative estimate of drug-likeness (QED) is 0.156. The number of aliphatic imine (C=N–C) groups is 1. The van der Waals surface area contributed by atoms with Crippen molar-refractivity contribution in [1.29, 1.82) is 0 Å². The maximum Gasteiger partial charge on any atom is 0.182 e. The lowest BCUT2D eigenvalue weighted by Crippen LogP contribution is -2.01. The van der Waals surface area contributed by atoms with Crippen molar-refractivity contribution in [3.05, 3.63) is 145 Å². The molecule has 3 heteroatoms. The van der Waals surface area contributed by atoms with Gasteiger partial charge in [-0.3, -0.25) is 4.57 Å². The number of nitrogens with zero attached hydrogens (tertiary/aromatic N) is 2. The molecule has 0 saturated heterocycles. The van der Waals surface area contributed by atoms with Crippen LogP contribution in [0.2, 0.25) is 0 Å². The van der Waals surface area contributed by atoms with Crippen LogP contribution in [0.1, 0.15) is 12.5 Å². The summed E-state index contributed by atoms with van der Waals surface area (Å²) in [6, 6.07) is 40.7. The van der Waals surface area contributed by atoms with Crippen LogP contribution in [-0.4, -0.2) is 10.3 Å². The zero-order valence-corrected chi connectivity index (χ0v) is 23.0. The number of hydrogen-bond donors (Lipinski definition) is 0. The third-order valence-corrected chi connectivity index (χ3v) is 8.57. The van der Waals surface area contributed by atoms with E-state index in [9.17, 15) is 0 Å². The van der Waals surface area contributed by atoms with Crippen LogP contribution in [0.15, 0.2) is 145 Å². The molecule has 0 amide bonds. The minimum Gasteiger partial charge on any atom is -0.287 e. The summed E-state index contributed by atoms with van der Waals surface area (Å²) in [4.78, 5) is 5.14. The predicted octanol–water partition coefficient (Wildman–Crippen LogP) is 10.5. The van der Waals surface area contributed by atoms with Crippen molar-refractivity contribution < 1.29 is 0 Å². The smallest absolute Gasteiger partial charge is 0.182 e. The first kappa shape index (κ1) is 24.1. The lowest BCUT2D eigenvalue weighted by molar-refractivity contribution is 1.18. The van der Waals surface area contributed by atoms with E-state index in [1.807, 2.05) is 48.6 Å². The van der Waals surface area contributed by atoms with Crippen LogP contribution in [0.5, 0.6) is 0 Å². The molecular formula is C37H26N2S. The second-order valence-electron chi connectivity index (χ2n) is 9.73. The fraction of sp³-hybridized carbons (Fsp3) is 0.0270. The lowest BCUT2D eigenvalue weighted by atomic mass is 10.0. The van der Waals surface area contributed by atoms with Gasteiger partial charge in [-0.1, -0.05) is 109 Å². The second kappa shape index (κ2) is 9.98. The Labute approximate surface area is 237 Å². The summed E-state index contributed by atoms with van der Waals surface area (Å²) in [6.45, 7) is 6.10. The van der Waals surface area contributed by atoms with Gasteiger partial charge in [0.1, 0.15) is 0 Å². The molecular weight excluding hydrogens is 504 g/mol. The maximum atomic E-state index is 5.14. The molecule has 0 aliphatic carbocycles. The van der Waals surface area contributed by atoms with E-state index in [2.05, 4.69) is 114 Å². The van der Waals surface area contributed by atoms with Gasteiger partial charge in [-0.25, -0.2) is 4.99 Å². The third-order valence-electron chi connectivity index (χ3n) is 7.37. The minimum absolute atomic E-state index is 0.671. The average Bonchev–Trinajstić information content (AvgIpc) is 3.55. The van der Waals surface area contributed by atoms with Crippen LogP contribution in [-0.2, 0) is 0 Å². The van der Waals surface area contributed by atoms with E-state index in [1.165, 1.54) is 42.1 Å². The van der Waals surface area contributed by atoms with Gasteiger partial charge in [0, 0.05) is 36.5 Å². The topological polar surface area (TPSA) is 17.3 Å². The molecule has 0 N–H and O–H groups in total. The second-order valence-corrected chi connectivity index (χ2v) is 10.8. The van der Waals surface area contributed by atoms with Gasteiger partial charge in [0.15, 0.2) is 5.82 Å². The molecule has 190 valence electrons. The molecule has 0 bridgehead atoms. The molecule has 0 fully saturated rings. The van der Waals surface area contributed by atoms with Crippen molar-refractivity contribution >= 4 is 64.8 Å². The molecule has 40 heavy (non-hydrogen) atoms. The first-order valence-electron chi connectivity index (χ1n) is 13.4. The van der Waals surface area contributed by atoms with E-state index >= 15 is 0 Å². The summed E-state index contributed by atoms with van der Waals surface area (Å²) in [5.74, 6) is 0.671. The summed E-state index contributed by atoms with van der Waals surface area (Å²) in [5.41, 5.74) is 9.67.